The fourth-order valence-electron chi connectivity index (χ4n) is 1.15. The van der Waals surface area contributed by atoms with Crippen molar-refractivity contribution in [3.05, 3.63) is 29.3 Å². The van der Waals surface area contributed by atoms with Crippen LogP contribution in [0.15, 0.2) is 24.3 Å². The van der Waals surface area contributed by atoms with Crippen LogP contribution in [0.25, 0.3) is 0 Å². The molecule has 17 heavy (non-hydrogen) atoms. The quantitative estimate of drug-likeness (QED) is 0.868. The van der Waals surface area contributed by atoms with Crippen LogP contribution in [0.3, 0.4) is 0 Å². The Labute approximate surface area is 104 Å². The largest absolute Gasteiger partial charge is 0.481 e. The van der Waals surface area contributed by atoms with Gasteiger partial charge in [-0.2, -0.15) is 0 Å². The van der Waals surface area contributed by atoms with Gasteiger partial charge in [-0.1, -0.05) is 17.7 Å². The number of carboxylic acids is 1. The van der Waals surface area contributed by atoms with E-state index in [1.54, 1.807) is 24.3 Å². The average molecular weight is 257 g/mol. The Balaban J connectivity index is 2.51. The molecule has 0 aliphatic heterocycles. The first-order valence-corrected chi connectivity index (χ1v) is 5.36. The normalized spacial score (nSPS) is 9.76. The first-order valence-electron chi connectivity index (χ1n) is 4.98. The third-order valence-corrected chi connectivity index (χ3v) is 2.32. The summed E-state index contributed by atoms with van der Waals surface area (Å²) in [6.45, 7) is 0.154. The molecule has 1 rings (SSSR count). The maximum Gasteiger partial charge on any atom is 0.321 e. The number of carbonyl (C=O) groups is 2. The highest BCUT2D eigenvalue weighted by atomic mass is 35.5. The third-order valence-electron chi connectivity index (χ3n) is 2.08. The maximum absolute atomic E-state index is 11.6. The molecule has 1 aromatic rings. The van der Waals surface area contributed by atoms with Crippen LogP contribution in [-0.2, 0) is 4.79 Å². The van der Waals surface area contributed by atoms with Crippen LogP contribution in [-0.4, -0.2) is 35.6 Å². The summed E-state index contributed by atoms with van der Waals surface area (Å²) in [5, 5.41) is 11.6. The lowest BCUT2D eigenvalue weighted by molar-refractivity contribution is -0.137. The molecule has 6 heteroatoms. The van der Waals surface area contributed by atoms with Gasteiger partial charge in [-0.15, -0.1) is 0 Å². The van der Waals surface area contributed by atoms with Crippen LogP contribution in [0.2, 0.25) is 5.02 Å². The van der Waals surface area contributed by atoms with Gasteiger partial charge in [0.05, 0.1) is 6.42 Å². The Bertz CT molecular complexity index is 423. The minimum atomic E-state index is -0.938. The van der Waals surface area contributed by atoms with Gasteiger partial charge in [0.25, 0.3) is 0 Å². The van der Waals surface area contributed by atoms with Crippen LogP contribution in [0.4, 0.5) is 10.5 Å². The molecule has 0 spiro atoms. The van der Waals surface area contributed by atoms with Gasteiger partial charge in [0, 0.05) is 24.3 Å². The molecule has 0 bridgehead atoms. The zero-order chi connectivity index (χ0) is 12.8. The Morgan fingerprint density at radius 3 is 2.76 bits per heavy atom. The Morgan fingerprint density at radius 2 is 2.18 bits per heavy atom. The second-order valence-corrected chi connectivity index (χ2v) is 3.94. The first kappa shape index (κ1) is 13.3. The van der Waals surface area contributed by atoms with Gasteiger partial charge in [0.2, 0.25) is 0 Å². The summed E-state index contributed by atoms with van der Waals surface area (Å²) >= 11 is 5.77. The number of anilines is 1. The second kappa shape index (κ2) is 6.10. The number of halogens is 1. The molecule has 0 fully saturated rings. The topological polar surface area (TPSA) is 69.6 Å². The Morgan fingerprint density at radius 1 is 1.47 bits per heavy atom. The Kier molecular flexibility index (Phi) is 4.78. The molecule has 1 aromatic carbocycles. The Hall–Kier alpha value is -1.75. The van der Waals surface area contributed by atoms with E-state index in [1.807, 2.05) is 0 Å². The van der Waals surface area contributed by atoms with Crippen molar-refractivity contribution in [3.63, 3.8) is 0 Å². The number of aliphatic carboxylic acids is 1. The van der Waals surface area contributed by atoms with E-state index in [-0.39, 0.29) is 19.0 Å². The van der Waals surface area contributed by atoms with E-state index in [2.05, 4.69) is 5.32 Å². The van der Waals surface area contributed by atoms with Crippen LogP contribution < -0.4 is 5.32 Å². The van der Waals surface area contributed by atoms with Crippen molar-refractivity contribution in [2.24, 2.45) is 0 Å². The van der Waals surface area contributed by atoms with Gasteiger partial charge in [0.1, 0.15) is 0 Å². The summed E-state index contributed by atoms with van der Waals surface area (Å²) in [5.74, 6) is -0.938. The van der Waals surface area contributed by atoms with E-state index < -0.39 is 5.97 Å². The minimum Gasteiger partial charge on any atom is -0.481 e. The van der Waals surface area contributed by atoms with Crippen molar-refractivity contribution in [3.8, 4) is 0 Å². The molecular weight excluding hydrogens is 244 g/mol. The molecule has 0 aliphatic rings. The number of hydrogen-bond acceptors (Lipinski definition) is 2. The number of carbonyl (C=O) groups excluding carboxylic acids is 1. The lowest BCUT2D eigenvalue weighted by Gasteiger charge is -2.16. The summed E-state index contributed by atoms with van der Waals surface area (Å²) in [6.07, 6.45) is -0.0839. The number of amides is 2. The van der Waals surface area contributed by atoms with Crippen LogP contribution in [0, 0.1) is 0 Å². The van der Waals surface area contributed by atoms with Crippen molar-refractivity contribution in [1.82, 2.24) is 4.90 Å². The molecule has 2 amide bonds. The number of rotatable bonds is 4. The van der Waals surface area contributed by atoms with Crippen molar-refractivity contribution in [2.45, 2.75) is 6.42 Å². The third kappa shape index (κ3) is 4.74. The molecule has 0 unspecified atom stereocenters. The number of nitrogens with zero attached hydrogens (tertiary/aromatic N) is 1. The first-order chi connectivity index (χ1) is 7.99. The molecule has 0 saturated carbocycles. The van der Waals surface area contributed by atoms with Gasteiger partial charge < -0.3 is 15.3 Å². The molecule has 0 aromatic heterocycles. The van der Waals surface area contributed by atoms with Crippen molar-refractivity contribution in [1.29, 1.82) is 0 Å². The fraction of sp³-hybridized carbons (Fsp3) is 0.273. The van der Waals surface area contributed by atoms with Crippen molar-refractivity contribution >= 4 is 29.3 Å². The average Bonchev–Trinajstić information content (AvgIpc) is 2.25. The minimum absolute atomic E-state index is 0.0839. The molecule has 0 saturated heterocycles. The molecule has 0 radical (unpaired) electrons. The van der Waals surface area contributed by atoms with E-state index in [9.17, 15) is 9.59 Å². The predicted octanol–water partition coefficient (Wildman–Crippen LogP) is 2.28. The van der Waals surface area contributed by atoms with Gasteiger partial charge in [0.15, 0.2) is 0 Å². The lowest BCUT2D eigenvalue weighted by atomic mass is 10.3. The van der Waals surface area contributed by atoms with E-state index in [4.69, 9.17) is 16.7 Å². The number of hydrogen-bond donors (Lipinski definition) is 2. The summed E-state index contributed by atoms with van der Waals surface area (Å²) in [4.78, 5) is 23.3. The highest BCUT2D eigenvalue weighted by molar-refractivity contribution is 6.30. The van der Waals surface area contributed by atoms with E-state index in [1.165, 1.54) is 11.9 Å². The zero-order valence-corrected chi connectivity index (χ0v) is 10.1. The van der Waals surface area contributed by atoms with Crippen LogP contribution >= 0.6 is 11.6 Å². The molecular formula is C11H13ClN2O3. The number of benzene rings is 1. The van der Waals surface area contributed by atoms with E-state index >= 15 is 0 Å². The number of nitrogens with one attached hydrogen (secondary N) is 1. The highest BCUT2D eigenvalue weighted by Gasteiger charge is 2.10. The summed E-state index contributed by atoms with van der Waals surface area (Å²) < 4.78 is 0. The standard InChI is InChI=1S/C11H13ClN2O3/c1-14(6-5-10(15)16)11(17)13-9-4-2-3-8(12)7-9/h2-4,7H,5-6H2,1H3,(H,13,17)(H,15,16). The lowest BCUT2D eigenvalue weighted by Crippen LogP contribution is -2.33. The maximum atomic E-state index is 11.6. The monoisotopic (exact) mass is 256 g/mol. The highest BCUT2D eigenvalue weighted by Crippen LogP contribution is 2.15. The summed E-state index contributed by atoms with van der Waals surface area (Å²) in [6, 6.07) is 6.37. The number of urea groups is 1. The second-order valence-electron chi connectivity index (χ2n) is 3.51. The van der Waals surface area contributed by atoms with E-state index in [0.717, 1.165) is 0 Å². The van der Waals surface area contributed by atoms with Crippen molar-refractivity contribution < 1.29 is 14.7 Å². The molecule has 0 aliphatic carbocycles. The molecule has 0 heterocycles. The SMILES string of the molecule is CN(CCC(=O)O)C(=O)Nc1cccc(Cl)c1. The van der Waals surface area contributed by atoms with Crippen molar-refractivity contribution in [2.75, 3.05) is 18.9 Å². The molecule has 92 valence electrons. The van der Waals surface area contributed by atoms with Gasteiger partial charge >= 0.3 is 12.0 Å². The van der Waals surface area contributed by atoms with Gasteiger partial charge in [-0.3, -0.25) is 4.79 Å². The summed E-state index contributed by atoms with van der Waals surface area (Å²) in [7, 11) is 1.53. The summed E-state index contributed by atoms with van der Waals surface area (Å²) in [5.41, 5.74) is 0.574. The van der Waals surface area contributed by atoms with Gasteiger partial charge in [-0.05, 0) is 18.2 Å². The molecule has 2 N–H and O–H groups in total. The van der Waals surface area contributed by atoms with Crippen LogP contribution in [0.1, 0.15) is 6.42 Å². The smallest absolute Gasteiger partial charge is 0.321 e. The zero-order valence-electron chi connectivity index (χ0n) is 9.31. The van der Waals surface area contributed by atoms with Crippen LogP contribution in [0.5, 0.6) is 0 Å². The van der Waals surface area contributed by atoms with Gasteiger partial charge in [-0.25, -0.2) is 4.79 Å². The predicted molar refractivity (Wildman–Crippen MR) is 65.4 cm³/mol. The fourth-order valence-corrected chi connectivity index (χ4v) is 1.34. The van der Waals surface area contributed by atoms with E-state index in [0.29, 0.717) is 10.7 Å². The molecule has 0 atom stereocenters. The number of carboxylic acid groups (broad SMARTS) is 1. The molecule has 5 nitrogen and oxygen atoms in total.